The summed E-state index contributed by atoms with van der Waals surface area (Å²) < 4.78 is 8.90. The van der Waals surface area contributed by atoms with Crippen molar-refractivity contribution in [2.24, 2.45) is 0 Å². The van der Waals surface area contributed by atoms with Crippen LogP contribution in [0, 0.1) is 0 Å². The van der Waals surface area contributed by atoms with Crippen LogP contribution in [0.5, 0.6) is 0 Å². The Morgan fingerprint density at radius 1 is 0.481 bits per heavy atom. The minimum Gasteiger partial charge on any atom is -0.456 e. The quantitative estimate of drug-likeness (QED) is 0.184. The van der Waals surface area contributed by atoms with E-state index in [9.17, 15) is 0 Å². The SMILES string of the molecule is CC1(C)c2ccccc2-c2cc(N(c3ccc(-c4c5ccccc5cc5sc6ccccc6c45)cc3)c3ccc4oc5ccccc5c4c3)ccc21. The molecule has 0 spiro atoms. The van der Waals surface area contributed by atoms with Crippen LogP contribution in [-0.2, 0) is 5.41 Å². The topological polar surface area (TPSA) is 16.4 Å². The fourth-order valence-electron chi connectivity index (χ4n) is 8.77. The summed E-state index contributed by atoms with van der Waals surface area (Å²) in [6, 6.07) is 60.0. The molecule has 0 radical (unpaired) electrons. The van der Waals surface area contributed by atoms with Gasteiger partial charge in [-0.1, -0.05) is 117 Å². The summed E-state index contributed by atoms with van der Waals surface area (Å²) >= 11 is 1.88. The molecule has 0 saturated carbocycles. The van der Waals surface area contributed by atoms with E-state index in [1.165, 1.54) is 64.3 Å². The third-order valence-corrected chi connectivity index (χ3v) is 12.4. The predicted molar refractivity (Wildman–Crippen MR) is 222 cm³/mol. The lowest BCUT2D eigenvalue weighted by molar-refractivity contribution is 0.660. The van der Waals surface area contributed by atoms with E-state index in [1.54, 1.807) is 0 Å². The Morgan fingerprint density at radius 3 is 2.02 bits per heavy atom. The third kappa shape index (κ3) is 4.23. The number of hydrogen-bond donors (Lipinski definition) is 0. The highest BCUT2D eigenvalue weighted by Crippen LogP contribution is 2.51. The number of hydrogen-bond acceptors (Lipinski definition) is 3. The Hall–Kier alpha value is -6.16. The minimum absolute atomic E-state index is 0.0544. The maximum atomic E-state index is 6.26. The lowest BCUT2D eigenvalue weighted by Gasteiger charge is -2.27. The summed E-state index contributed by atoms with van der Waals surface area (Å²) in [5.74, 6) is 0. The highest BCUT2D eigenvalue weighted by molar-refractivity contribution is 7.26. The van der Waals surface area contributed by atoms with Crippen molar-refractivity contribution >= 4 is 81.3 Å². The number of rotatable bonds is 4. The molecule has 0 unspecified atom stereocenters. The van der Waals surface area contributed by atoms with Gasteiger partial charge in [-0.2, -0.15) is 0 Å². The molecule has 52 heavy (non-hydrogen) atoms. The van der Waals surface area contributed by atoms with E-state index in [0.717, 1.165) is 39.0 Å². The van der Waals surface area contributed by atoms with E-state index in [0.29, 0.717) is 0 Å². The van der Waals surface area contributed by atoms with Crippen LogP contribution in [0.15, 0.2) is 168 Å². The fraction of sp³-hybridized carbons (Fsp3) is 0.0612. The summed E-state index contributed by atoms with van der Waals surface area (Å²) in [7, 11) is 0. The molecule has 11 rings (SSSR count). The average Bonchev–Trinajstić information content (AvgIpc) is 3.82. The Bertz CT molecular complexity index is 3050. The molecule has 10 aromatic rings. The first-order valence-corrected chi connectivity index (χ1v) is 18.7. The van der Waals surface area contributed by atoms with Crippen LogP contribution in [0.2, 0.25) is 0 Å². The van der Waals surface area contributed by atoms with Gasteiger partial charge in [-0.3, -0.25) is 0 Å². The van der Waals surface area contributed by atoms with Crippen molar-refractivity contribution in [1.29, 1.82) is 0 Å². The monoisotopic (exact) mass is 683 g/mol. The van der Waals surface area contributed by atoms with Crippen molar-refractivity contribution in [3.05, 3.63) is 175 Å². The molecule has 0 N–H and O–H groups in total. The summed E-state index contributed by atoms with van der Waals surface area (Å²) in [4.78, 5) is 2.40. The molecule has 246 valence electrons. The van der Waals surface area contributed by atoms with Gasteiger partial charge in [0, 0.05) is 53.4 Å². The Balaban J connectivity index is 1.12. The lowest BCUT2D eigenvalue weighted by Crippen LogP contribution is -2.15. The molecule has 8 aromatic carbocycles. The van der Waals surface area contributed by atoms with Gasteiger partial charge in [-0.15, -0.1) is 11.3 Å². The lowest BCUT2D eigenvalue weighted by atomic mass is 9.82. The van der Waals surface area contributed by atoms with Crippen LogP contribution in [-0.4, -0.2) is 0 Å². The van der Waals surface area contributed by atoms with Crippen LogP contribution in [0.25, 0.3) is 75.1 Å². The molecule has 2 aromatic heterocycles. The summed E-state index contributed by atoms with van der Waals surface area (Å²) in [6.45, 7) is 4.68. The van der Waals surface area contributed by atoms with Gasteiger partial charge < -0.3 is 9.32 Å². The highest BCUT2D eigenvalue weighted by atomic mass is 32.1. The summed E-state index contributed by atoms with van der Waals surface area (Å²) in [5, 5.41) is 7.44. The molecule has 3 heteroatoms. The number of nitrogens with zero attached hydrogens (tertiary/aromatic N) is 1. The highest BCUT2D eigenvalue weighted by Gasteiger charge is 2.35. The van der Waals surface area contributed by atoms with Crippen LogP contribution in [0.1, 0.15) is 25.0 Å². The van der Waals surface area contributed by atoms with Gasteiger partial charge in [-0.05, 0) is 105 Å². The maximum absolute atomic E-state index is 6.26. The number of furan rings is 1. The van der Waals surface area contributed by atoms with Gasteiger partial charge in [0.05, 0.1) is 0 Å². The smallest absolute Gasteiger partial charge is 0.135 e. The van der Waals surface area contributed by atoms with Crippen molar-refractivity contribution in [2.45, 2.75) is 19.3 Å². The first kappa shape index (κ1) is 29.6. The van der Waals surface area contributed by atoms with E-state index in [4.69, 9.17) is 4.42 Å². The van der Waals surface area contributed by atoms with Crippen molar-refractivity contribution in [3.8, 4) is 22.3 Å². The second-order valence-electron chi connectivity index (χ2n) is 14.5. The largest absolute Gasteiger partial charge is 0.456 e. The molecule has 1 aliphatic rings. The van der Waals surface area contributed by atoms with Gasteiger partial charge in [0.25, 0.3) is 0 Å². The van der Waals surface area contributed by atoms with E-state index in [-0.39, 0.29) is 5.41 Å². The van der Waals surface area contributed by atoms with Crippen molar-refractivity contribution in [3.63, 3.8) is 0 Å². The van der Waals surface area contributed by atoms with Gasteiger partial charge in [0.2, 0.25) is 0 Å². The zero-order valence-corrected chi connectivity index (χ0v) is 29.7. The van der Waals surface area contributed by atoms with E-state index in [1.807, 2.05) is 23.5 Å². The van der Waals surface area contributed by atoms with Crippen molar-refractivity contribution in [1.82, 2.24) is 0 Å². The summed E-state index contributed by atoms with van der Waals surface area (Å²) in [5.41, 5.74) is 13.0. The maximum Gasteiger partial charge on any atom is 0.135 e. The second kappa shape index (κ2) is 10.9. The predicted octanol–water partition coefficient (Wildman–Crippen LogP) is 14.6. The Morgan fingerprint density at radius 2 is 1.13 bits per heavy atom. The molecule has 0 aliphatic heterocycles. The minimum atomic E-state index is -0.0544. The van der Waals surface area contributed by atoms with E-state index >= 15 is 0 Å². The molecular formula is C49H33NOS. The Labute approximate surface area is 305 Å². The van der Waals surface area contributed by atoms with Crippen molar-refractivity contribution < 1.29 is 4.42 Å². The van der Waals surface area contributed by atoms with Gasteiger partial charge >= 0.3 is 0 Å². The first-order chi connectivity index (χ1) is 25.5. The van der Waals surface area contributed by atoms with Crippen LogP contribution in [0.4, 0.5) is 17.1 Å². The fourth-order valence-corrected chi connectivity index (χ4v) is 9.94. The van der Waals surface area contributed by atoms with E-state index in [2.05, 4.69) is 170 Å². The molecule has 0 fully saturated rings. The zero-order valence-electron chi connectivity index (χ0n) is 28.9. The number of fused-ring (bicyclic) bond motifs is 10. The van der Waals surface area contributed by atoms with Crippen molar-refractivity contribution in [2.75, 3.05) is 4.90 Å². The van der Waals surface area contributed by atoms with E-state index < -0.39 is 0 Å². The summed E-state index contributed by atoms with van der Waals surface area (Å²) in [6.07, 6.45) is 0. The standard InChI is InChI=1S/C49H33NOS/c1-49(2)41-16-8-5-13-36(41)39-28-33(23-25-42(39)49)50(34-24-26-44-40(29-34)37-14-6-9-17-43(37)51-44)32-21-19-30(20-22-32)47-35-12-4-3-11-31(35)27-46-48(47)38-15-7-10-18-45(38)52-46/h3-29H,1-2H3. The molecule has 1 aliphatic carbocycles. The number of thiophene rings is 1. The number of benzene rings is 8. The average molecular weight is 684 g/mol. The number of anilines is 3. The first-order valence-electron chi connectivity index (χ1n) is 17.9. The molecule has 0 saturated heterocycles. The second-order valence-corrected chi connectivity index (χ2v) is 15.6. The van der Waals surface area contributed by atoms with Crippen LogP contribution >= 0.6 is 11.3 Å². The number of para-hydroxylation sites is 1. The Kier molecular flexibility index (Phi) is 6.21. The molecule has 2 heterocycles. The molecule has 0 atom stereocenters. The molecule has 0 amide bonds. The van der Waals surface area contributed by atoms with Gasteiger partial charge in [0.1, 0.15) is 11.2 Å². The van der Waals surface area contributed by atoms with Gasteiger partial charge in [-0.25, -0.2) is 0 Å². The normalized spacial score (nSPS) is 13.3. The van der Waals surface area contributed by atoms with Crippen LogP contribution in [0.3, 0.4) is 0 Å². The third-order valence-electron chi connectivity index (χ3n) is 11.2. The molecular weight excluding hydrogens is 651 g/mol. The molecule has 0 bridgehead atoms. The zero-order chi connectivity index (χ0) is 34.6. The van der Waals surface area contributed by atoms with Crippen LogP contribution < -0.4 is 4.90 Å². The van der Waals surface area contributed by atoms with Gasteiger partial charge in [0.15, 0.2) is 0 Å². The molecule has 2 nitrogen and oxygen atoms in total.